The minimum atomic E-state index is 0.394. The van der Waals surface area contributed by atoms with Crippen LogP contribution in [-0.2, 0) is 4.74 Å². The van der Waals surface area contributed by atoms with E-state index in [2.05, 4.69) is 50.5 Å². The van der Waals surface area contributed by atoms with Crippen LogP contribution in [0.4, 0.5) is 0 Å². The standard InChI is InChI=1S/C14H27BrO/c1-6-14(7-2)12(15)9-13(14)16-11(5)8-10(3)4/h10-13H,6-9H2,1-5H3. The second kappa shape index (κ2) is 5.86. The first-order valence-corrected chi connectivity index (χ1v) is 7.67. The van der Waals surface area contributed by atoms with Crippen LogP contribution in [0.3, 0.4) is 0 Å². The van der Waals surface area contributed by atoms with E-state index in [0.29, 0.717) is 22.5 Å². The third-order valence-electron chi connectivity index (χ3n) is 4.20. The number of halogens is 1. The van der Waals surface area contributed by atoms with Gasteiger partial charge < -0.3 is 4.74 Å². The summed E-state index contributed by atoms with van der Waals surface area (Å²) in [4.78, 5) is 0.659. The number of alkyl halides is 1. The molecule has 0 aromatic rings. The SMILES string of the molecule is CCC1(CC)C(Br)CC1OC(C)CC(C)C. The van der Waals surface area contributed by atoms with Gasteiger partial charge in [-0.1, -0.05) is 43.6 Å². The van der Waals surface area contributed by atoms with Crippen LogP contribution in [0.25, 0.3) is 0 Å². The maximum atomic E-state index is 6.24. The Labute approximate surface area is 109 Å². The second-order valence-corrected chi connectivity index (χ2v) is 6.81. The van der Waals surface area contributed by atoms with Gasteiger partial charge in [-0.05, 0) is 38.5 Å². The first kappa shape index (κ1) is 14.5. The summed E-state index contributed by atoms with van der Waals surface area (Å²) in [5.74, 6) is 0.729. The lowest BCUT2D eigenvalue weighted by atomic mass is 9.62. The molecule has 0 amide bonds. The number of rotatable bonds is 6. The van der Waals surface area contributed by atoms with Gasteiger partial charge in [0.1, 0.15) is 0 Å². The molecule has 1 aliphatic carbocycles. The van der Waals surface area contributed by atoms with Gasteiger partial charge in [-0.3, -0.25) is 0 Å². The highest BCUT2D eigenvalue weighted by Gasteiger charge is 2.52. The van der Waals surface area contributed by atoms with E-state index in [-0.39, 0.29) is 0 Å². The minimum absolute atomic E-state index is 0.394. The fraction of sp³-hybridized carbons (Fsp3) is 1.00. The molecule has 0 saturated heterocycles. The highest BCUT2D eigenvalue weighted by Crippen LogP contribution is 2.53. The summed E-state index contributed by atoms with van der Waals surface area (Å²) < 4.78 is 6.24. The van der Waals surface area contributed by atoms with E-state index >= 15 is 0 Å². The van der Waals surface area contributed by atoms with Crippen molar-refractivity contribution in [2.75, 3.05) is 0 Å². The van der Waals surface area contributed by atoms with Crippen LogP contribution in [0.5, 0.6) is 0 Å². The Kier molecular flexibility index (Phi) is 5.31. The van der Waals surface area contributed by atoms with Crippen LogP contribution in [0.2, 0.25) is 0 Å². The van der Waals surface area contributed by atoms with Crippen LogP contribution < -0.4 is 0 Å². The van der Waals surface area contributed by atoms with Crippen molar-refractivity contribution >= 4 is 15.9 Å². The van der Waals surface area contributed by atoms with Crippen molar-refractivity contribution in [1.82, 2.24) is 0 Å². The molecule has 0 aromatic heterocycles. The highest BCUT2D eigenvalue weighted by atomic mass is 79.9. The summed E-state index contributed by atoms with van der Waals surface area (Å²) in [6, 6.07) is 0. The van der Waals surface area contributed by atoms with Crippen LogP contribution in [0.1, 0.15) is 60.3 Å². The van der Waals surface area contributed by atoms with Gasteiger partial charge >= 0.3 is 0 Å². The molecule has 1 rings (SSSR count). The van der Waals surface area contributed by atoms with Gasteiger partial charge in [-0.15, -0.1) is 0 Å². The van der Waals surface area contributed by atoms with Gasteiger partial charge in [0.05, 0.1) is 12.2 Å². The Hall–Kier alpha value is 0.440. The zero-order valence-corrected chi connectivity index (χ0v) is 13.0. The lowest BCUT2D eigenvalue weighted by Crippen LogP contribution is -2.55. The summed E-state index contributed by atoms with van der Waals surface area (Å²) >= 11 is 3.81. The van der Waals surface area contributed by atoms with Crippen molar-refractivity contribution in [2.24, 2.45) is 11.3 Å². The summed E-state index contributed by atoms with van der Waals surface area (Å²) in [6.07, 6.45) is 5.68. The Morgan fingerprint density at radius 2 is 1.81 bits per heavy atom. The normalized spacial score (nSPS) is 30.2. The zero-order chi connectivity index (χ0) is 12.3. The lowest BCUT2D eigenvalue weighted by Gasteiger charge is -2.54. The minimum Gasteiger partial charge on any atom is -0.375 e. The smallest absolute Gasteiger partial charge is 0.0656 e. The summed E-state index contributed by atoms with van der Waals surface area (Å²) in [5, 5.41) is 0. The van der Waals surface area contributed by atoms with E-state index in [1.165, 1.54) is 25.7 Å². The molecule has 1 nitrogen and oxygen atoms in total. The molecule has 0 aromatic carbocycles. The Balaban J connectivity index is 2.49. The van der Waals surface area contributed by atoms with E-state index < -0.39 is 0 Å². The van der Waals surface area contributed by atoms with Crippen molar-refractivity contribution in [3.63, 3.8) is 0 Å². The third-order valence-corrected chi connectivity index (χ3v) is 5.49. The highest BCUT2D eigenvalue weighted by molar-refractivity contribution is 9.09. The summed E-state index contributed by atoms with van der Waals surface area (Å²) in [7, 11) is 0. The Morgan fingerprint density at radius 1 is 1.25 bits per heavy atom. The maximum absolute atomic E-state index is 6.24. The molecule has 0 bridgehead atoms. The van der Waals surface area contributed by atoms with Gasteiger partial charge in [0.2, 0.25) is 0 Å². The van der Waals surface area contributed by atoms with E-state index in [9.17, 15) is 0 Å². The molecule has 3 unspecified atom stereocenters. The molecule has 0 spiro atoms. The molecule has 3 atom stereocenters. The first-order chi connectivity index (χ1) is 7.46. The largest absolute Gasteiger partial charge is 0.375 e. The average molecular weight is 291 g/mol. The fourth-order valence-electron chi connectivity index (χ4n) is 3.04. The second-order valence-electron chi connectivity index (χ2n) is 5.71. The van der Waals surface area contributed by atoms with Crippen molar-refractivity contribution in [1.29, 1.82) is 0 Å². The van der Waals surface area contributed by atoms with Gasteiger partial charge in [-0.2, -0.15) is 0 Å². The molecule has 0 aliphatic heterocycles. The van der Waals surface area contributed by atoms with Gasteiger partial charge in [0.15, 0.2) is 0 Å². The zero-order valence-electron chi connectivity index (χ0n) is 11.4. The summed E-state index contributed by atoms with van der Waals surface area (Å²) in [5.41, 5.74) is 0.394. The van der Waals surface area contributed by atoms with Crippen LogP contribution in [0.15, 0.2) is 0 Å². The maximum Gasteiger partial charge on any atom is 0.0656 e. The molecule has 96 valence electrons. The predicted octanol–water partition coefficient (Wildman–Crippen LogP) is 4.78. The van der Waals surface area contributed by atoms with E-state index in [4.69, 9.17) is 4.74 Å². The van der Waals surface area contributed by atoms with Crippen LogP contribution in [-0.4, -0.2) is 17.0 Å². The quantitative estimate of drug-likeness (QED) is 0.640. The lowest BCUT2D eigenvalue weighted by molar-refractivity contribution is -0.138. The Bertz CT molecular complexity index is 211. The van der Waals surface area contributed by atoms with Crippen molar-refractivity contribution in [2.45, 2.75) is 77.3 Å². The third kappa shape index (κ3) is 2.81. The van der Waals surface area contributed by atoms with E-state index in [1.807, 2.05) is 0 Å². The van der Waals surface area contributed by atoms with Crippen LogP contribution in [0, 0.1) is 11.3 Å². The molecule has 0 N–H and O–H groups in total. The van der Waals surface area contributed by atoms with E-state index in [1.54, 1.807) is 0 Å². The molecule has 2 heteroatoms. The predicted molar refractivity (Wildman–Crippen MR) is 74.1 cm³/mol. The molecular weight excluding hydrogens is 264 g/mol. The number of hydrogen-bond donors (Lipinski definition) is 0. The first-order valence-electron chi connectivity index (χ1n) is 6.75. The van der Waals surface area contributed by atoms with Gasteiger partial charge in [0.25, 0.3) is 0 Å². The molecule has 0 heterocycles. The van der Waals surface area contributed by atoms with E-state index in [0.717, 1.165) is 5.92 Å². The molecular formula is C14H27BrO. The molecule has 1 saturated carbocycles. The van der Waals surface area contributed by atoms with Crippen molar-refractivity contribution in [3.8, 4) is 0 Å². The topological polar surface area (TPSA) is 9.23 Å². The average Bonchev–Trinajstić information content (AvgIpc) is 2.18. The molecule has 16 heavy (non-hydrogen) atoms. The van der Waals surface area contributed by atoms with Crippen molar-refractivity contribution in [3.05, 3.63) is 0 Å². The van der Waals surface area contributed by atoms with Gasteiger partial charge in [0, 0.05) is 10.2 Å². The van der Waals surface area contributed by atoms with Crippen LogP contribution >= 0.6 is 15.9 Å². The molecule has 1 fully saturated rings. The Morgan fingerprint density at radius 3 is 2.19 bits per heavy atom. The van der Waals surface area contributed by atoms with Crippen molar-refractivity contribution < 1.29 is 4.74 Å². The fourth-order valence-corrected chi connectivity index (χ4v) is 4.32. The summed E-state index contributed by atoms with van der Waals surface area (Å²) in [6.45, 7) is 11.3. The van der Waals surface area contributed by atoms with Gasteiger partial charge in [-0.25, -0.2) is 0 Å². The monoisotopic (exact) mass is 290 g/mol. The molecule has 0 radical (unpaired) electrons. The number of ether oxygens (including phenoxy) is 1. The molecule has 1 aliphatic rings. The number of hydrogen-bond acceptors (Lipinski definition) is 1.